The number of aromatic nitrogens is 1. The number of nitrogens with two attached hydrogens (primary N) is 1. The van der Waals surface area contributed by atoms with E-state index < -0.39 is 0 Å². The summed E-state index contributed by atoms with van der Waals surface area (Å²) in [6.45, 7) is 0.330. The van der Waals surface area contributed by atoms with Gasteiger partial charge in [-0.05, 0) is 11.6 Å². The fourth-order valence-corrected chi connectivity index (χ4v) is 1.96. The third-order valence-corrected chi connectivity index (χ3v) is 3.37. The molecule has 0 saturated carbocycles. The van der Waals surface area contributed by atoms with Gasteiger partial charge in [0.05, 0.1) is 5.02 Å². The van der Waals surface area contributed by atoms with E-state index in [2.05, 4.69) is 10.3 Å². The van der Waals surface area contributed by atoms with Crippen LogP contribution in [0.3, 0.4) is 0 Å². The second kappa shape index (κ2) is 6.10. The maximum Gasteiger partial charge on any atom is 0.267 e. The Bertz CT molecular complexity index is 549. The number of halogens is 2. The summed E-state index contributed by atoms with van der Waals surface area (Å²) >= 11 is 11.5. The van der Waals surface area contributed by atoms with Crippen LogP contribution in [0.4, 0.5) is 0 Å². The van der Waals surface area contributed by atoms with Crippen LogP contribution in [-0.2, 0) is 0 Å². The summed E-state index contributed by atoms with van der Waals surface area (Å²) in [6, 6.07) is 10.8. The molecular weight excluding hydrogens is 285 g/mol. The number of carbonyl (C=O) groups is 1. The van der Waals surface area contributed by atoms with Crippen molar-refractivity contribution in [3.8, 4) is 0 Å². The Morgan fingerprint density at radius 1 is 1.32 bits per heavy atom. The summed E-state index contributed by atoms with van der Waals surface area (Å²) in [7, 11) is 0. The topological polar surface area (TPSA) is 70.9 Å². The van der Waals surface area contributed by atoms with E-state index in [1.54, 1.807) is 0 Å². The second-order valence-corrected chi connectivity index (χ2v) is 4.86. The number of amides is 1. The van der Waals surface area contributed by atoms with Crippen LogP contribution in [0.5, 0.6) is 0 Å². The predicted octanol–water partition coefficient (Wildman–Crippen LogP) is 2.75. The van der Waals surface area contributed by atoms with Crippen LogP contribution in [0.1, 0.15) is 22.1 Å². The van der Waals surface area contributed by atoms with Crippen molar-refractivity contribution in [3.63, 3.8) is 0 Å². The summed E-state index contributed by atoms with van der Waals surface area (Å²) in [5.41, 5.74) is 7.26. The van der Waals surface area contributed by atoms with Crippen LogP contribution in [0.15, 0.2) is 36.4 Å². The van der Waals surface area contributed by atoms with E-state index in [-0.39, 0.29) is 17.1 Å². The molecule has 4 nitrogen and oxygen atoms in total. The van der Waals surface area contributed by atoms with E-state index >= 15 is 0 Å². The fourth-order valence-electron chi connectivity index (χ4n) is 1.64. The molecule has 100 valence electrons. The zero-order chi connectivity index (χ0) is 13.8. The molecule has 0 fully saturated rings. The van der Waals surface area contributed by atoms with Gasteiger partial charge in [0.25, 0.3) is 5.91 Å². The maximum atomic E-state index is 11.8. The van der Waals surface area contributed by atoms with Crippen LogP contribution in [0, 0.1) is 0 Å². The number of benzene rings is 1. The van der Waals surface area contributed by atoms with Gasteiger partial charge in [0.2, 0.25) is 0 Å². The van der Waals surface area contributed by atoms with Gasteiger partial charge >= 0.3 is 0 Å². The molecule has 1 amide bonds. The van der Waals surface area contributed by atoms with Crippen LogP contribution >= 0.6 is 23.2 Å². The Labute approximate surface area is 120 Å². The highest BCUT2D eigenvalue weighted by atomic mass is 35.5. The molecule has 6 heteroatoms. The highest BCUT2D eigenvalue weighted by Crippen LogP contribution is 2.21. The zero-order valence-corrected chi connectivity index (χ0v) is 11.5. The summed E-state index contributed by atoms with van der Waals surface area (Å²) < 4.78 is 0. The minimum atomic E-state index is -0.291. The minimum absolute atomic E-state index is 0.249. The third-order valence-electron chi connectivity index (χ3n) is 2.68. The first-order chi connectivity index (χ1) is 9.08. The molecule has 2 rings (SSSR count). The van der Waals surface area contributed by atoms with E-state index in [1.165, 1.54) is 6.07 Å². The Balaban J connectivity index is 1.94. The van der Waals surface area contributed by atoms with Crippen molar-refractivity contribution >= 4 is 29.1 Å². The van der Waals surface area contributed by atoms with Gasteiger partial charge in [0, 0.05) is 12.6 Å². The molecule has 0 bridgehead atoms. The number of H-pyrrole nitrogens is 1. The van der Waals surface area contributed by atoms with Gasteiger partial charge in [-0.3, -0.25) is 4.79 Å². The molecule has 0 aliphatic heterocycles. The first kappa shape index (κ1) is 13.9. The van der Waals surface area contributed by atoms with Crippen LogP contribution in [-0.4, -0.2) is 17.4 Å². The van der Waals surface area contributed by atoms with Crippen LogP contribution in [0.25, 0.3) is 0 Å². The summed E-state index contributed by atoms with van der Waals surface area (Å²) in [4.78, 5) is 14.5. The third kappa shape index (κ3) is 3.50. The summed E-state index contributed by atoms with van der Waals surface area (Å²) in [6.07, 6.45) is 0. The minimum Gasteiger partial charge on any atom is -0.349 e. The Kier molecular flexibility index (Phi) is 4.47. The van der Waals surface area contributed by atoms with Gasteiger partial charge in [-0.1, -0.05) is 53.5 Å². The normalized spacial score (nSPS) is 12.2. The molecule has 1 unspecified atom stereocenters. The molecular formula is C13H13Cl2N3O. The summed E-state index contributed by atoms with van der Waals surface area (Å²) in [5, 5.41) is 3.29. The van der Waals surface area contributed by atoms with Crippen molar-refractivity contribution in [1.82, 2.24) is 10.3 Å². The lowest BCUT2D eigenvalue weighted by Crippen LogP contribution is -2.32. The number of nitrogens with one attached hydrogen (secondary N) is 2. The van der Waals surface area contributed by atoms with Gasteiger partial charge in [-0.25, -0.2) is 0 Å². The smallest absolute Gasteiger partial charge is 0.267 e. The van der Waals surface area contributed by atoms with Crippen molar-refractivity contribution in [1.29, 1.82) is 0 Å². The zero-order valence-electron chi connectivity index (χ0n) is 9.99. The van der Waals surface area contributed by atoms with E-state index in [1.807, 2.05) is 30.3 Å². The molecule has 1 aromatic heterocycles. The van der Waals surface area contributed by atoms with Crippen LogP contribution in [0.2, 0.25) is 10.2 Å². The average Bonchev–Trinajstić information content (AvgIpc) is 2.77. The Morgan fingerprint density at radius 2 is 2.00 bits per heavy atom. The quantitative estimate of drug-likeness (QED) is 0.812. The van der Waals surface area contributed by atoms with Gasteiger partial charge in [0.15, 0.2) is 0 Å². The molecule has 1 aromatic carbocycles. The highest BCUT2D eigenvalue weighted by molar-refractivity contribution is 6.41. The second-order valence-electron chi connectivity index (χ2n) is 4.07. The SMILES string of the molecule is NC(CNC(=O)c1cc(Cl)c(Cl)[nH]1)c1ccccc1. The van der Waals surface area contributed by atoms with Crippen molar-refractivity contribution in [2.24, 2.45) is 5.73 Å². The molecule has 0 aliphatic rings. The van der Waals surface area contributed by atoms with E-state index in [9.17, 15) is 4.79 Å². The molecule has 0 radical (unpaired) electrons. The average molecular weight is 298 g/mol. The van der Waals surface area contributed by atoms with Gasteiger partial charge in [0.1, 0.15) is 10.8 Å². The molecule has 0 aliphatic carbocycles. The van der Waals surface area contributed by atoms with E-state index in [0.29, 0.717) is 17.3 Å². The first-order valence-electron chi connectivity index (χ1n) is 5.70. The number of carbonyl (C=O) groups excluding carboxylic acids is 1. The largest absolute Gasteiger partial charge is 0.349 e. The van der Waals surface area contributed by atoms with Crippen molar-refractivity contribution < 1.29 is 4.79 Å². The monoisotopic (exact) mass is 297 g/mol. The number of hydrogen-bond acceptors (Lipinski definition) is 2. The Hall–Kier alpha value is -1.49. The molecule has 1 atom stereocenters. The number of hydrogen-bond donors (Lipinski definition) is 3. The van der Waals surface area contributed by atoms with Crippen molar-refractivity contribution in [3.05, 3.63) is 57.8 Å². The van der Waals surface area contributed by atoms with Crippen molar-refractivity contribution in [2.45, 2.75) is 6.04 Å². The predicted molar refractivity (Wildman–Crippen MR) is 76.5 cm³/mol. The molecule has 4 N–H and O–H groups in total. The molecule has 1 heterocycles. The lowest BCUT2D eigenvalue weighted by atomic mass is 10.1. The fraction of sp³-hybridized carbons (Fsp3) is 0.154. The van der Waals surface area contributed by atoms with Gasteiger partial charge in [-0.2, -0.15) is 0 Å². The number of rotatable bonds is 4. The number of aromatic amines is 1. The van der Waals surface area contributed by atoms with Gasteiger partial charge < -0.3 is 16.0 Å². The lowest BCUT2D eigenvalue weighted by molar-refractivity contribution is 0.0947. The molecule has 2 aromatic rings. The highest BCUT2D eigenvalue weighted by Gasteiger charge is 2.13. The van der Waals surface area contributed by atoms with E-state index in [0.717, 1.165) is 5.56 Å². The molecule has 19 heavy (non-hydrogen) atoms. The Morgan fingerprint density at radius 3 is 2.58 bits per heavy atom. The van der Waals surface area contributed by atoms with Gasteiger partial charge in [-0.15, -0.1) is 0 Å². The lowest BCUT2D eigenvalue weighted by Gasteiger charge is -2.12. The summed E-state index contributed by atoms with van der Waals surface area (Å²) in [5.74, 6) is -0.291. The van der Waals surface area contributed by atoms with Crippen LogP contribution < -0.4 is 11.1 Å². The molecule has 0 spiro atoms. The first-order valence-corrected chi connectivity index (χ1v) is 6.46. The maximum absolute atomic E-state index is 11.8. The van der Waals surface area contributed by atoms with Crippen molar-refractivity contribution in [2.75, 3.05) is 6.54 Å². The van der Waals surface area contributed by atoms with E-state index in [4.69, 9.17) is 28.9 Å². The standard InChI is InChI=1S/C13H13Cl2N3O/c14-9-6-11(18-12(9)15)13(19)17-7-10(16)8-4-2-1-3-5-8/h1-6,10,18H,7,16H2,(H,17,19). The molecule has 0 saturated heterocycles.